The molecule has 2 aromatic heterocycles. The lowest BCUT2D eigenvalue weighted by Gasteiger charge is -2.27. The van der Waals surface area contributed by atoms with Crippen LogP contribution in [0.15, 0.2) is 6.33 Å². The van der Waals surface area contributed by atoms with Gasteiger partial charge >= 0.3 is 12.7 Å². The molecule has 7 atom stereocenters. The van der Waals surface area contributed by atoms with Crippen LogP contribution in [0.3, 0.4) is 0 Å². The minimum Gasteiger partial charge on any atom is -0.479 e. The molecule has 0 spiro atoms. The van der Waals surface area contributed by atoms with E-state index in [1.807, 2.05) is 0 Å². The molecular weight excluding hydrogens is 597 g/mol. The van der Waals surface area contributed by atoms with Crippen molar-refractivity contribution in [2.75, 3.05) is 25.2 Å². The van der Waals surface area contributed by atoms with Gasteiger partial charge in [0, 0.05) is 12.2 Å². The number of ether oxygens (including phenoxy) is 3. The number of nitrogens with two attached hydrogens (primary N) is 1. The van der Waals surface area contributed by atoms with E-state index in [-0.39, 0.29) is 35.2 Å². The Morgan fingerprint density at radius 1 is 1.38 bits per heavy atom. The summed E-state index contributed by atoms with van der Waals surface area (Å²) in [5.41, 5.74) is 4.29. The van der Waals surface area contributed by atoms with E-state index in [0.717, 1.165) is 11.4 Å². The van der Waals surface area contributed by atoms with Crippen molar-refractivity contribution in [3.63, 3.8) is 0 Å². The Morgan fingerprint density at radius 3 is 2.71 bits per heavy atom. The lowest BCUT2D eigenvalue weighted by atomic mass is 9.96. The van der Waals surface area contributed by atoms with Gasteiger partial charge in [-0.1, -0.05) is 11.4 Å². The number of hydrogen-bond acceptors (Lipinski definition) is 15. The zero-order chi connectivity index (χ0) is 31.0. The molecular formula is C23H34N7O10PS. The van der Waals surface area contributed by atoms with E-state index in [1.165, 1.54) is 31.9 Å². The molecule has 0 saturated carbocycles. The van der Waals surface area contributed by atoms with Gasteiger partial charge in [-0.3, -0.25) is 28.8 Å². The van der Waals surface area contributed by atoms with Gasteiger partial charge < -0.3 is 34.7 Å². The summed E-state index contributed by atoms with van der Waals surface area (Å²) in [6.45, 7) is 1.59. The van der Waals surface area contributed by atoms with E-state index < -0.39 is 73.2 Å². The first kappa shape index (κ1) is 32.1. The number of nitrogen functional groups attached to an aromatic ring is 1. The molecule has 42 heavy (non-hydrogen) atoms. The number of esters is 1. The van der Waals surface area contributed by atoms with Crippen molar-refractivity contribution in [1.29, 1.82) is 0 Å². The Morgan fingerprint density at radius 2 is 2.10 bits per heavy atom. The van der Waals surface area contributed by atoms with Gasteiger partial charge in [0.2, 0.25) is 23.6 Å². The van der Waals surface area contributed by atoms with Crippen LogP contribution in [0, 0.1) is 5.92 Å². The molecule has 19 heteroatoms. The highest BCUT2D eigenvalue weighted by Crippen LogP contribution is 2.58. The van der Waals surface area contributed by atoms with Gasteiger partial charge in [-0.25, -0.2) is 10.1 Å². The molecule has 0 bridgehead atoms. The van der Waals surface area contributed by atoms with Crippen molar-refractivity contribution in [2.24, 2.45) is 5.92 Å². The van der Waals surface area contributed by atoms with Crippen molar-refractivity contribution in [3.05, 3.63) is 6.33 Å². The number of hydrogen-bond donors (Lipinski definition) is 5. The standard InChI is InChI=1S/C23H34N7O10PS/c1-10(2)39-20(34)11(3)29-41(36,42-8-12-6-14(31)26-18(12)33)38-7-13-16(32)23(4,35)21(40-13)30-9-25-15-17(30)27-22(24)28-19(15)37-5/h9-13,16,21,32,35H,6-8H2,1-5H3,(H,29,36)(H2,24,27,28)(H,26,31,33)/t11-,12?,13-,16-,21-,23-,41-/m1/s1. The summed E-state index contributed by atoms with van der Waals surface area (Å²) in [4.78, 5) is 48.4. The van der Waals surface area contributed by atoms with E-state index >= 15 is 0 Å². The second-order valence-corrected chi connectivity index (χ2v) is 14.7. The summed E-state index contributed by atoms with van der Waals surface area (Å²) in [6.07, 6.45) is -3.19. The van der Waals surface area contributed by atoms with E-state index in [4.69, 9.17) is 24.5 Å². The molecule has 2 fully saturated rings. The first-order valence-electron chi connectivity index (χ1n) is 13.0. The molecule has 4 heterocycles. The predicted octanol–water partition coefficient (Wildman–Crippen LogP) is -0.123. The van der Waals surface area contributed by atoms with Crippen molar-refractivity contribution < 1.29 is 47.9 Å². The predicted molar refractivity (Wildman–Crippen MR) is 148 cm³/mol. The summed E-state index contributed by atoms with van der Waals surface area (Å²) < 4.78 is 37.3. The zero-order valence-electron chi connectivity index (χ0n) is 23.5. The molecule has 0 aliphatic carbocycles. The number of methoxy groups -OCH3 is 1. The number of carbonyl (C=O) groups excluding carboxylic acids is 3. The Balaban J connectivity index is 1.53. The maximum absolute atomic E-state index is 13.9. The number of rotatable bonds is 12. The van der Waals surface area contributed by atoms with E-state index in [1.54, 1.807) is 13.8 Å². The monoisotopic (exact) mass is 631 g/mol. The average Bonchev–Trinajstić information content (AvgIpc) is 3.53. The minimum atomic E-state index is -4.00. The van der Waals surface area contributed by atoms with Crippen LogP contribution in [-0.4, -0.2) is 96.9 Å². The van der Waals surface area contributed by atoms with E-state index in [9.17, 15) is 29.2 Å². The summed E-state index contributed by atoms with van der Waals surface area (Å²) in [5.74, 6) is -2.48. The van der Waals surface area contributed by atoms with Crippen LogP contribution in [-0.2, 0) is 32.9 Å². The largest absolute Gasteiger partial charge is 0.479 e. The van der Waals surface area contributed by atoms with E-state index in [2.05, 4.69) is 25.4 Å². The van der Waals surface area contributed by atoms with Crippen molar-refractivity contribution >= 4 is 53.0 Å². The first-order chi connectivity index (χ1) is 19.6. The highest BCUT2D eigenvalue weighted by molar-refractivity contribution is 8.56. The highest BCUT2D eigenvalue weighted by Gasteiger charge is 2.54. The molecule has 2 saturated heterocycles. The third kappa shape index (κ3) is 6.69. The number of aromatic nitrogens is 4. The fraction of sp³-hybridized carbons (Fsp3) is 0.652. The number of carbonyl (C=O) groups is 3. The Labute approximate surface area is 244 Å². The summed E-state index contributed by atoms with van der Waals surface area (Å²) >= 11 is 0.724. The number of nitrogens with one attached hydrogen (secondary N) is 2. The smallest absolute Gasteiger partial charge is 0.327 e. The van der Waals surface area contributed by atoms with Gasteiger partial charge in [-0.2, -0.15) is 9.97 Å². The van der Waals surface area contributed by atoms with Gasteiger partial charge in [0.1, 0.15) is 23.9 Å². The van der Waals surface area contributed by atoms with Crippen LogP contribution in [0.4, 0.5) is 5.95 Å². The minimum absolute atomic E-state index is 0.0633. The van der Waals surface area contributed by atoms with Crippen molar-refractivity contribution in [2.45, 2.75) is 70.3 Å². The number of imidazole rings is 1. The zero-order valence-corrected chi connectivity index (χ0v) is 25.3. The van der Waals surface area contributed by atoms with Crippen LogP contribution in [0.1, 0.15) is 40.3 Å². The van der Waals surface area contributed by atoms with Gasteiger partial charge in [-0.15, -0.1) is 0 Å². The fourth-order valence-corrected chi connectivity index (χ4v) is 8.46. The molecule has 2 aliphatic heterocycles. The Bertz CT molecular complexity index is 1410. The maximum atomic E-state index is 13.9. The number of imide groups is 1. The van der Waals surface area contributed by atoms with Crippen LogP contribution in [0.2, 0.25) is 0 Å². The summed E-state index contributed by atoms with van der Waals surface area (Å²) in [5, 5.41) is 27.1. The molecule has 0 aromatic carbocycles. The molecule has 1 unspecified atom stereocenters. The summed E-state index contributed by atoms with van der Waals surface area (Å²) in [7, 11) is 1.38. The molecule has 17 nitrogen and oxygen atoms in total. The normalized spacial score (nSPS) is 28.2. The molecule has 232 valence electrons. The van der Waals surface area contributed by atoms with Gasteiger partial charge in [0.15, 0.2) is 17.4 Å². The second-order valence-electron chi connectivity index (χ2n) is 10.4. The van der Waals surface area contributed by atoms with E-state index in [0.29, 0.717) is 0 Å². The summed E-state index contributed by atoms with van der Waals surface area (Å²) in [6, 6.07) is -1.08. The molecule has 2 amide bonds. The quantitative estimate of drug-likeness (QED) is 0.116. The van der Waals surface area contributed by atoms with Gasteiger partial charge in [0.05, 0.1) is 32.1 Å². The number of aliphatic hydroxyl groups excluding tert-OH is 1. The third-order valence-electron chi connectivity index (χ3n) is 6.58. The average molecular weight is 632 g/mol. The number of nitrogens with zero attached hydrogens (tertiary/aromatic N) is 4. The molecule has 6 N–H and O–H groups in total. The lowest BCUT2D eigenvalue weighted by Crippen LogP contribution is -2.44. The Hall–Kier alpha value is -2.86. The van der Waals surface area contributed by atoms with Crippen LogP contribution < -0.4 is 20.9 Å². The lowest BCUT2D eigenvalue weighted by molar-refractivity contribution is -0.149. The third-order valence-corrected chi connectivity index (χ3v) is 10.8. The fourth-order valence-electron chi connectivity index (χ4n) is 4.44. The van der Waals surface area contributed by atoms with Crippen molar-refractivity contribution in [3.8, 4) is 5.88 Å². The Kier molecular flexibility index (Phi) is 9.46. The van der Waals surface area contributed by atoms with Crippen LogP contribution in [0.25, 0.3) is 11.2 Å². The maximum Gasteiger partial charge on any atom is 0.327 e. The molecule has 4 rings (SSSR count). The number of fused-ring (bicyclic) bond motifs is 1. The number of aliphatic hydroxyl groups is 2. The van der Waals surface area contributed by atoms with Gasteiger partial charge in [-0.05, 0) is 27.7 Å². The molecule has 2 aliphatic rings. The van der Waals surface area contributed by atoms with Crippen LogP contribution >= 0.6 is 18.1 Å². The topological polar surface area (TPSA) is 239 Å². The first-order valence-corrected chi connectivity index (χ1v) is 16.2. The molecule has 2 aromatic rings. The van der Waals surface area contributed by atoms with Gasteiger partial charge in [0.25, 0.3) is 0 Å². The molecule has 0 radical (unpaired) electrons. The second kappa shape index (κ2) is 12.4. The van der Waals surface area contributed by atoms with Crippen molar-refractivity contribution in [1.82, 2.24) is 29.9 Å². The SMILES string of the molecule is COc1nc(N)nc2c1ncn2[C@@H]1O[C@H](CO[P@](=O)(N[C@H](C)C(=O)OC(C)C)SCC2CC(=O)NC2=O)[C@@H](O)[C@@]1(C)O. The number of amides is 2. The van der Waals surface area contributed by atoms with Crippen LogP contribution in [0.5, 0.6) is 5.88 Å². The number of anilines is 1. The highest BCUT2D eigenvalue weighted by atomic mass is 32.7.